The zero-order chi connectivity index (χ0) is 50.4. The van der Waals surface area contributed by atoms with Gasteiger partial charge in [-0.1, -0.05) is 213 Å². The number of rotatable bonds is 50. The van der Waals surface area contributed by atoms with Gasteiger partial charge in [0.25, 0.3) is 0 Å². The van der Waals surface area contributed by atoms with E-state index in [9.17, 15) is 19.0 Å². The average molecular weight is 984 g/mol. The second-order valence-corrected chi connectivity index (χ2v) is 19.0. The summed E-state index contributed by atoms with van der Waals surface area (Å²) in [6, 6.07) is -1.48. The third-order valence-electron chi connectivity index (χ3n) is 11.0. The van der Waals surface area contributed by atoms with Gasteiger partial charge >= 0.3 is 19.8 Å². The summed E-state index contributed by atoms with van der Waals surface area (Å²) in [4.78, 5) is 33.8. The number of unbranched alkanes of at least 4 members (excludes halogenated alkanes) is 18. The summed E-state index contributed by atoms with van der Waals surface area (Å²) < 4.78 is 33.6. The molecule has 0 amide bonds. The van der Waals surface area contributed by atoms with Crippen molar-refractivity contribution in [3.63, 3.8) is 0 Å². The van der Waals surface area contributed by atoms with Crippen LogP contribution >= 0.6 is 7.82 Å². The van der Waals surface area contributed by atoms with Crippen LogP contribution in [0.5, 0.6) is 0 Å². The van der Waals surface area contributed by atoms with Gasteiger partial charge in [0, 0.05) is 13.0 Å². The minimum Gasteiger partial charge on any atom is -0.480 e. The van der Waals surface area contributed by atoms with Crippen LogP contribution in [0.1, 0.15) is 206 Å². The Balaban J connectivity index is 4.17. The van der Waals surface area contributed by atoms with Crippen LogP contribution in [0.15, 0.2) is 109 Å². The van der Waals surface area contributed by atoms with Crippen molar-refractivity contribution in [3.05, 3.63) is 109 Å². The topological polar surface area (TPSA) is 155 Å². The van der Waals surface area contributed by atoms with E-state index < -0.39 is 45.1 Å². The van der Waals surface area contributed by atoms with Gasteiger partial charge in [-0.25, -0.2) is 4.57 Å². The first-order valence-corrected chi connectivity index (χ1v) is 28.4. The molecule has 0 fully saturated rings. The predicted octanol–water partition coefficient (Wildman–Crippen LogP) is 16.2. The summed E-state index contributed by atoms with van der Waals surface area (Å²) >= 11 is 0. The van der Waals surface area contributed by atoms with Gasteiger partial charge < -0.3 is 25.2 Å². The Labute approximate surface area is 421 Å². The third-order valence-corrected chi connectivity index (χ3v) is 12.0. The van der Waals surface area contributed by atoms with Crippen molar-refractivity contribution in [2.75, 3.05) is 26.4 Å². The first-order valence-electron chi connectivity index (χ1n) is 26.9. The van der Waals surface area contributed by atoms with Crippen molar-refractivity contribution < 1.29 is 42.7 Å². The van der Waals surface area contributed by atoms with E-state index in [1.165, 1.54) is 70.6 Å². The number of carboxylic acids is 1. The number of allylic oxidation sites excluding steroid dienone is 18. The molecule has 0 aliphatic carbocycles. The smallest absolute Gasteiger partial charge is 0.472 e. The second-order valence-electron chi connectivity index (χ2n) is 17.6. The maximum atomic E-state index is 12.7. The number of esters is 1. The molecule has 10 nitrogen and oxygen atoms in total. The van der Waals surface area contributed by atoms with Crippen LogP contribution in [0.2, 0.25) is 0 Å². The minimum absolute atomic E-state index is 0.00268. The highest BCUT2D eigenvalue weighted by Crippen LogP contribution is 2.43. The van der Waals surface area contributed by atoms with Crippen LogP contribution in [0.25, 0.3) is 0 Å². The number of ether oxygens (including phenoxy) is 2. The van der Waals surface area contributed by atoms with Gasteiger partial charge in [-0.15, -0.1) is 0 Å². The highest BCUT2D eigenvalue weighted by atomic mass is 31.2. The van der Waals surface area contributed by atoms with Crippen molar-refractivity contribution >= 4 is 19.8 Å². The molecule has 0 radical (unpaired) electrons. The lowest BCUT2D eigenvalue weighted by Gasteiger charge is -2.20. The molecule has 394 valence electrons. The van der Waals surface area contributed by atoms with Crippen molar-refractivity contribution in [3.8, 4) is 0 Å². The minimum atomic E-state index is -4.64. The molecule has 0 aromatic heterocycles. The summed E-state index contributed by atoms with van der Waals surface area (Å²) in [6.45, 7) is 3.63. The number of hydrogen-bond acceptors (Lipinski definition) is 8. The fourth-order valence-corrected chi connectivity index (χ4v) is 7.75. The third kappa shape index (κ3) is 52.3. The summed E-state index contributed by atoms with van der Waals surface area (Å²) in [6.07, 6.45) is 71.4. The molecule has 69 heavy (non-hydrogen) atoms. The number of hydrogen-bond donors (Lipinski definition) is 3. The van der Waals surface area contributed by atoms with Gasteiger partial charge in [-0.05, 0) is 96.3 Å². The normalized spacial score (nSPS) is 14.5. The van der Waals surface area contributed by atoms with Gasteiger partial charge in [-0.2, -0.15) is 0 Å². The molecule has 3 unspecified atom stereocenters. The Morgan fingerprint density at radius 3 is 1.19 bits per heavy atom. The first kappa shape index (κ1) is 65.6. The Kier molecular flexibility index (Phi) is 49.9. The maximum absolute atomic E-state index is 12.7. The van der Waals surface area contributed by atoms with Gasteiger partial charge in [0.2, 0.25) is 0 Å². The highest BCUT2D eigenvalue weighted by Gasteiger charge is 2.27. The molecule has 4 N–H and O–H groups in total. The largest absolute Gasteiger partial charge is 0.480 e. The molecule has 0 saturated heterocycles. The van der Waals surface area contributed by atoms with E-state index in [4.69, 9.17) is 29.4 Å². The summed E-state index contributed by atoms with van der Waals surface area (Å²) in [5, 5.41) is 8.95. The van der Waals surface area contributed by atoms with Gasteiger partial charge in [0.05, 0.1) is 19.8 Å². The average Bonchev–Trinajstić information content (AvgIpc) is 3.33. The molecule has 11 heteroatoms. The molecule has 3 atom stereocenters. The molecule has 0 heterocycles. The van der Waals surface area contributed by atoms with Crippen molar-refractivity contribution in [2.24, 2.45) is 5.73 Å². The van der Waals surface area contributed by atoms with E-state index in [1.807, 2.05) is 0 Å². The standard InChI is InChI=1S/C58H98NO9P/c1-3-5-7-9-11-13-15-17-19-21-23-25-27-29-31-33-35-37-39-41-43-45-47-49-51-65-52-55(53-66-69(63,64)67-54-56(59)58(61)62)68-57(60)50-48-46-44-42-40-38-36-34-32-30-28-26-24-22-20-18-16-14-12-10-8-6-4-2/h5-8,11-14,17-20,23-26,29,31,55-56H,3-4,9-10,15-16,21-22,27-28,30,32-54,59H2,1-2H3,(H,61,62)(H,63,64)/b7-5-,8-6-,13-11-,14-12-,19-17-,20-18-,25-23-,26-24-,31-29-. The van der Waals surface area contributed by atoms with E-state index >= 15 is 0 Å². The Hall–Kier alpha value is -3.37. The molecule has 0 bridgehead atoms. The number of phosphoric ester groups is 1. The fourth-order valence-electron chi connectivity index (χ4n) is 6.97. The molecule has 0 aromatic carbocycles. The van der Waals surface area contributed by atoms with E-state index in [1.54, 1.807) is 0 Å². The zero-order valence-electron chi connectivity index (χ0n) is 43.4. The van der Waals surface area contributed by atoms with Crippen LogP contribution < -0.4 is 5.73 Å². The Bertz CT molecular complexity index is 1510. The Morgan fingerprint density at radius 2 is 0.797 bits per heavy atom. The van der Waals surface area contributed by atoms with Crippen molar-refractivity contribution in [1.29, 1.82) is 0 Å². The SMILES string of the molecule is CC/C=C\C/C=C\C/C=C\C/C=C\C/C=C\CCCCCCCCCCOCC(COP(=O)(O)OCC(N)C(=O)O)OC(=O)CCCCCCCCCCCC/C=C\C/C=C\C/C=C\C/C=C\CC. The molecule has 0 aromatic rings. The van der Waals surface area contributed by atoms with Crippen LogP contribution in [0.4, 0.5) is 0 Å². The quantitative estimate of drug-likeness (QED) is 0.0232. The summed E-state index contributed by atoms with van der Waals surface area (Å²) in [7, 11) is -4.64. The monoisotopic (exact) mass is 984 g/mol. The van der Waals surface area contributed by atoms with Crippen molar-refractivity contribution in [1.82, 2.24) is 0 Å². The molecular formula is C58H98NO9P. The van der Waals surface area contributed by atoms with E-state index in [0.717, 1.165) is 109 Å². The van der Waals surface area contributed by atoms with Crippen LogP contribution in [0.3, 0.4) is 0 Å². The van der Waals surface area contributed by atoms with E-state index in [2.05, 4.69) is 123 Å². The van der Waals surface area contributed by atoms with Crippen LogP contribution in [-0.4, -0.2) is 60.5 Å². The summed E-state index contributed by atoms with van der Waals surface area (Å²) in [5.41, 5.74) is 5.38. The lowest BCUT2D eigenvalue weighted by Crippen LogP contribution is -2.34. The molecule has 0 aliphatic heterocycles. The van der Waals surface area contributed by atoms with Gasteiger partial charge in [0.1, 0.15) is 12.1 Å². The fraction of sp³-hybridized carbons (Fsp3) is 0.655. The number of carbonyl (C=O) groups is 2. The zero-order valence-corrected chi connectivity index (χ0v) is 44.3. The molecule has 0 rings (SSSR count). The number of aliphatic carboxylic acids is 1. The van der Waals surface area contributed by atoms with Gasteiger partial charge in [0.15, 0.2) is 0 Å². The predicted molar refractivity (Wildman–Crippen MR) is 290 cm³/mol. The second kappa shape index (κ2) is 52.5. The molecular weight excluding hydrogens is 886 g/mol. The number of phosphoric acid groups is 1. The van der Waals surface area contributed by atoms with Crippen LogP contribution in [0, 0.1) is 0 Å². The lowest BCUT2D eigenvalue weighted by molar-refractivity contribution is -0.154. The molecule has 0 saturated carbocycles. The van der Waals surface area contributed by atoms with E-state index in [-0.39, 0.29) is 13.0 Å². The highest BCUT2D eigenvalue weighted by molar-refractivity contribution is 7.47. The van der Waals surface area contributed by atoms with Gasteiger partial charge in [-0.3, -0.25) is 18.6 Å². The number of carboxylic acid groups (broad SMARTS) is 1. The van der Waals surface area contributed by atoms with Crippen LogP contribution in [-0.2, 0) is 32.7 Å². The lowest BCUT2D eigenvalue weighted by atomic mass is 10.0. The first-order chi connectivity index (χ1) is 33.7. The van der Waals surface area contributed by atoms with Crippen molar-refractivity contribution in [2.45, 2.75) is 219 Å². The van der Waals surface area contributed by atoms with E-state index in [0.29, 0.717) is 13.0 Å². The molecule has 0 spiro atoms. The number of carbonyl (C=O) groups excluding carboxylic acids is 1. The maximum Gasteiger partial charge on any atom is 0.472 e. The molecule has 0 aliphatic rings. The number of nitrogens with two attached hydrogens (primary N) is 1. The summed E-state index contributed by atoms with van der Waals surface area (Å²) in [5.74, 6) is -1.79. The Morgan fingerprint density at radius 1 is 0.464 bits per heavy atom.